The smallest absolute Gasteiger partial charge is 0.327 e. The van der Waals surface area contributed by atoms with Crippen LogP contribution in [-0.2, 0) is 9.53 Å². The average Bonchev–Trinajstić information content (AvgIpc) is 3.18. The van der Waals surface area contributed by atoms with E-state index in [0.29, 0.717) is 30.6 Å². The van der Waals surface area contributed by atoms with Gasteiger partial charge in [-0.25, -0.2) is 4.79 Å². The van der Waals surface area contributed by atoms with Crippen LogP contribution in [0.15, 0.2) is 18.2 Å². The molecule has 10 heteroatoms. The van der Waals surface area contributed by atoms with Crippen molar-refractivity contribution in [2.24, 2.45) is 5.92 Å². The number of hydrogen-bond donors (Lipinski definition) is 1. The van der Waals surface area contributed by atoms with Crippen molar-refractivity contribution < 1.29 is 23.8 Å². The molecule has 0 aromatic heterocycles. The molecule has 3 amide bonds. The quantitative estimate of drug-likeness (QED) is 0.619. The summed E-state index contributed by atoms with van der Waals surface area (Å²) in [5.74, 6) is 1.55. The fraction of sp³-hybridized carbons (Fsp3) is 0.636. The highest BCUT2D eigenvalue weighted by molar-refractivity contribution is 6.00. The predicted octanol–water partition coefficient (Wildman–Crippen LogP) is 0.974. The average molecular weight is 448 g/mol. The molecule has 3 aliphatic heterocycles. The molecule has 3 heterocycles. The summed E-state index contributed by atoms with van der Waals surface area (Å²) in [4.78, 5) is 33.7. The molecule has 1 N–H and O–H groups in total. The van der Waals surface area contributed by atoms with Crippen LogP contribution in [0.2, 0.25) is 0 Å². The van der Waals surface area contributed by atoms with E-state index in [0.717, 1.165) is 18.8 Å². The molecule has 3 saturated heterocycles. The molecule has 10 nitrogen and oxygen atoms in total. The minimum absolute atomic E-state index is 0.177. The highest BCUT2D eigenvalue weighted by Gasteiger charge is 2.56. The van der Waals surface area contributed by atoms with Gasteiger partial charge in [-0.3, -0.25) is 19.9 Å². The number of carbonyl (C=O) groups excluding carboxylic acids is 2. The van der Waals surface area contributed by atoms with Gasteiger partial charge in [0, 0.05) is 32.8 Å². The molecule has 0 bridgehead atoms. The van der Waals surface area contributed by atoms with Gasteiger partial charge in [0.05, 0.1) is 33.1 Å². The second kappa shape index (κ2) is 9.13. The minimum atomic E-state index is -0.459. The van der Waals surface area contributed by atoms with Crippen molar-refractivity contribution in [1.29, 1.82) is 0 Å². The molecule has 3 aliphatic rings. The van der Waals surface area contributed by atoms with Crippen LogP contribution in [0.1, 0.15) is 13.8 Å². The minimum Gasteiger partial charge on any atom is -0.497 e. The summed E-state index contributed by atoms with van der Waals surface area (Å²) in [7, 11) is 5.00. The Bertz CT molecular complexity index is 867. The summed E-state index contributed by atoms with van der Waals surface area (Å²) in [6.45, 7) is 6.73. The molecule has 32 heavy (non-hydrogen) atoms. The predicted molar refractivity (Wildman–Crippen MR) is 119 cm³/mol. The van der Waals surface area contributed by atoms with Crippen molar-refractivity contribution in [2.75, 3.05) is 59.0 Å². The molecular formula is C22H33N5O5. The molecule has 1 aromatic carbocycles. The van der Waals surface area contributed by atoms with Gasteiger partial charge in [0.15, 0.2) is 0 Å². The van der Waals surface area contributed by atoms with Gasteiger partial charge in [-0.2, -0.15) is 0 Å². The number of hydrogen-bond acceptors (Lipinski definition) is 8. The van der Waals surface area contributed by atoms with Gasteiger partial charge in [-0.05, 0) is 25.0 Å². The first kappa shape index (κ1) is 22.6. The van der Waals surface area contributed by atoms with E-state index in [1.54, 1.807) is 26.2 Å². The first-order chi connectivity index (χ1) is 15.4. The van der Waals surface area contributed by atoms with Crippen LogP contribution in [0.5, 0.6) is 11.5 Å². The number of benzene rings is 1. The first-order valence-electron chi connectivity index (χ1n) is 11.1. The SMILES string of the molecule is CCOCCN1C(=O)C2C(NC3N(c4ccc(OC)cc4OC)CC(C)CN23)N(C)C1=O. The number of methoxy groups -OCH3 is 2. The van der Waals surface area contributed by atoms with Crippen molar-refractivity contribution in [3.05, 3.63) is 18.2 Å². The summed E-state index contributed by atoms with van der Waals surface area (Å²) >= 11 is 0. The lowest BCUT2D eigenvalue weighted by Crippen LogP contribution is -2.67. The van der Waals surface area contributed by atoms with E-state index < -0.39 is 12.2 Å². The molecule has 4 unspecified atom stereocenters. The maximum absolute atomic E-state index is 13.4. The number of nitrogens with one attached hydrogen (secondary N) is 1. The summed E-state index contributed by atoms with van der Waals surface area (Å²) in [6, 6.07) is 4.98. The van der Waals surface area contributed by atoms with Crippen LogP contribution in [0, 0.1) is 5.92 Å². The number of ether oxygens (including phenoxy) is 3. The van der Waals surface area contributed by atoms with E-state index in [1.807, 2.05) is 25.1 Å². The summed E-state index contributed by atoms with van der Waals surface area (Å²) in [5.41, 5.74) is 0.913. The zero-order chi connectivity index (χ0) is 23.0. The number of nitrogens with zero attached hydrogens (tertiary/aromatic N) is 4. The maximum Gasteiger partial charge on any atom is 0.327 e. The molecule has 4 rings (SSSR count). The van der Waals surface area contributed by atoms with E-state index in [9.17, 15) is 9.59 Å². The molecule has 0 aliphatic carbocycles. The normalized spacial score (nSPS) is 28.1. The van der Waals surface area contributed by atoms with Gasteiger partial charge >= 0.3 is 6.03 Å². The van der Waals surface area contributed by atoms with E-state index in [4.69, 9.17) is 14.2 Å². The molecular weight excluding hydrogens is 414 g/mol. The van der Waals surface area contributed by atoms with Crippen LogP contribution in [0.4, 0.5) is 10.5 Å². The van der Waals surface area contributed by atoms with Crippen molar-refractivity contribution in [1.82, 2.24) is 20.0 Å². The van der Waals surface area contributed by atoms with Crippen LogP contribution in [0.3, 0.4) is 0 Å². The largest absolute Gasteiger partial charge is 0.497 e. The third-order valence-electron chi connectivity index (χ3n) is 6.45. The Labute approximate surface area is 189 Å². The molecule has 176 valence electrons. The fourth-order valence-corrected chi connectivity index (χ4v) is 4.93. The third kappa shape index (κ3) is 3.76. The van der Waals surface area contributed by atoms with Crippen molar-refractivity contribution in [3.8, 4) is 11.5 Å². The highest BCUT2D eigenvalue weighted by Crippen LogP contribution is 2.39. The Morgan fingerprint density at radius 2 is 1.94 bits per heavy atom. The van der Waals surface area contributed by atoms with Crippen molar-refractivity contribution >= 4 is 17.6 Å². The monoisotopic (exact) mass is 447 g/mol. The number of anilines is 1. The first-order valence-corrected chi connectivity index (χ1v) is 11.1. The van der Waals surface area contributed by atoms with Gasteiger partial charge < -0.3 is 24.0 Å². The van der Waals surface area contributed by atoms with Gasteiger partial charge in [0.2, 0.25) is 0 Å². The number of likely N-dealkylation sites (N-methyl/N-ethyl adjacent to an activating group) is 1. The number of imide groups is 1. The van der Waals surface area contributed by atoms with Gasteiger partial charge in [-0.1, -0.05) is 6.92 Å². The Morgan fingerprint density at radius 3 is 2.62 bits per heavy atom. The van der Waals surface area contributed by atoms with E-state index in [-0.39, 0.29) is 24.8 Å². The summed E-state index contributed by atoms with van der Waals surface area (Å²) in [6.07, 6.45) is -0.644. The van der Waals surface area contributed by atoms with Crippen molar-refractivity contribution in [2.45, 2.75) is 32.3 Å². The second-order valence-electron chi connectivity index (χ2n) is 8.50. The van der Waals surface area contributed by atoms with Crippen LogP contribution >= 0.6 is 0 Å². The van der Waals surface area contributed by atoms with Crippen LogP contribution in [0.25, 0.3) is 0 Å². The Hall–Kier alpha value is -2.56. The van der Waals surface area contributed by atoms with Crippen molar-refractivity contribution in [3.63, 3.8) is 0 Å². The zero-order valence-electron chi connectivity index (χ0n) is 19.4. The fourth-order valence-electron chi connectivity index (χ4n) is 4.93. The topological polar surface area (TPSA) is 86.8 Å². The van der Waals surface area contributed by atoms with Gasteiger partial charge in [-0.15, -0.1) is 0 Å². The van der Waals surface area contributed by atoms with Gasteiger partial charge in [0.1, 0.15) is 30.0 Å². The van der Waals surface area contributed by atoms with E-state index >= 15 is 0 Å². The summed E-state index contributed by atoms with van der Waals surface area (Å²) in [5, 5.41) is 3.53. The summed E-state index contributed by atoms with van der Waals surface area (Å²) < 4.78 is 16.4. The number of carbonyl (C=O) groups is 2. The second-order valence-corrected chi connectivity index (χ2v) is 8.50. The lowest BCUT2D eigenvalue weighted by atomic mass is 10.0. The lowest BCUT2D eigenvalue weighted by Gasteiger charge is -2.46. The van der Waals surface area contributed by atoms with E-state index in [2.05, 4.69) is 22.0 Å². The van der Waals surface area contributed by atoms with E-state index in [1.165, 1.54) is 4.90 Å². The molecule has 3 fully saturated rings. The highest BCUT2D eigenvalue weighted by atomic mass is 16.5. The van der Waals surface area contributed by atoms with Crippen LogP contribution in [-0.4, -0.2) is 99.3 Å². The number of urea groups is 1. The number of fused-ring (bicyclic) bond motifs is 3. The molecule has 0 saturated carbocycles. The molecule has 1 aromatic rings. The molecule has 0 spiro atoms. The molecule has 4 atom stereocenters. The number of rotatable bonds is 7. The standard InChI is InChI=1S/C22H33N5O5/c1-6-32-10-9-25-20(28)18-19(24(3)22(25)29)23-21-26(12-14(2)13-27(18)21)16-8-7-15(30-4)11-17(16)31-5/h7-8,11,14,18-19,21,23H,6,9-10,12-13H2,1-5H3. The Morgan fingerprint density at radius 1 is 1.16 bits per heavy atom. The van der Waals surface area contributed by atoms with Crippen LogP contribution < -0.4 is 19.7 Å². The zero-order valence-corrected chi connectivity index (χ0v) is 19.4. The molecule has 0 radical (unpaired) electrons. The third-order valence-corrected chi connectivity index (χ3v) is 6.45. The van der Waals surface area contributed by atoms with Gasteiger partial charge in [0.25, 0.3) is 5.91 Å². The number of amides is 3. The Kier molecular flexibility index (Phi) is 6.45. The Balaban J connectivity index is 1.65. The maximum atomic E-state index is 13.4. The lowest BCUT2D eigenvalue weighted by molar-refractivity contribution is -0.139.